The molecular weight excluding hydrogens is 204 g/mol. The van der Waals surface area contributed by atoms with Crippen molar-refractivity contribution in [3.05, 3.63) is 29.8 Å². The molecule has 78 valence electrons. The highest BCUT2D eigenvalue weighted by Crippen LogP contribution is 2.31. The van der Waals surface area contributed by atoms with Gasteiger partial charge in [0.05, 0.1) is 5.69 Å². The molecule has 0 spiro atoms. The molecule has 0 aliphatic carbocycles. The first-order valence-corrected chi connectivity index (χ1v) is 4.07. The molecule has 0 aliphatic heterocycles. The van der Waals surface area contributed by atoms with Crippen LogP contribution in [0.15, 0.2) is 18.2 Å². The second-order valence-electron chi connectivity index (χ2n) is 2.99. The predicted octanol–water partition coefficient (Wildman–Crippen LogP) is 1.64. The van der Waals surface area contributed by atoms with Crippen LogP contribution in [0, 0.1) is 11.6 Å². The van der Waals surface area contributed by atoms with Crippen molar-refractivity contribution in [3.63, 3.8) is 0 Å². The van der Waals surface area contributed by atoms with Crippen LogP contribution in [0.4, 0.5) is 14.6 Å². The molecule has 1 aromatic heterocycles. The molecule has 1 heterocycles. The highest BCUT2D eigenvalue weighted by molar-refractivity contribution is 5.68. The van der Waals surface area contributed by atoms with Gasteiger partial charge < -0.3 is 10.8 Å². The zero-order valence-electron chi connectivity index (χ0n) is 7.46. The number of benzene rings is 1. The maximum absolute atomic E-state index is 13.0. The first-order valence-electron chi connectivity index (χ1n) is 4.07. The first kappa shape index (κ1) is 9.45. The Balaban J connectivity index is 2.62. The third-order valence-electron chi connectivity index (χ3n) is 1.92. The Labute approximate surface area is 83.4 Å². The second kappa shape index (κ2) is 3.23. The summed E-state index contributed by atoms with van der Waals surface area (Å²) in [5, 5.41) is 15.4. The molecule has 0 fully saturated rings. The number of halogens is 2. The van der Waals surface area contributed by atoms with E-state index in [1.807, 2.05) is 0 Å². The molecule has 15 heavy (non-hydrogen) atoms. The van der Waals surface area contributed by atoms with E-state index in [2.05, 4.69) is 10.2 Å². The van der Waals surface area contributed by atoms with Crippen molar-refractivity contribution < 1.29 is 13.9 Å². The fraction of sp³-hybridized carbons (Fsp3) is 0. The molecule has 0 saturated heterocycles. The van der Waals surface area contributed by atoms with E-state index in [1.165, 1.54) is 6.07 Å². The molecule has 2 rings (SSSR count). The quantitative estimate of drug-likeness (QED) is 0.671. The zero-order chi connectivity index (χ0) is 11.0. The molecular formula is C9H7F2N3O. The summed E-state index contributed by atoms with van der Waals surface area (Å²) in [5.41, 5.74) is 5.57. The van der Waals surface area contributed by atoms with Gasteiger partial charge in [-0.2, -0.15) is 5.10 Å². The molecule has 0 amide bonds. The minimum Gasteiger partial charge on any atom is -0.504 e. The van der Waals surface area contributed by atoms with Crippen molar-refractivity contribution in [2.45, 2.75) is 0 Å². The Morgan fingerprint density at radius 2 is 2.00 bits per heavy atom. The van der Waals surface area contributed by atoms with E-state index >= 15 is 0 Å². The molecule has 2 aromatic rings. The van der Waals surface area contributed by atoms with Crippen molar-refractivity contribution in [2.75, 3.05) is 5.73 Å². The normalized spacial score (nSPS) is 10.5. The number of nitrogens with two attached hydrogens (primary N) is 1. The minimum absolute atomic E-state index is 0.0169. The molecule has 4 N–H and O–H groups in total. The van der Waals surface area contributed by atoms with E-state index in [9.17, 15) is 13.9 Å². The fourth-order valence-corrected chi connectivity index (χ4v) is 1.25. The van der Waals surface area contributed by atoms with Gasteiger partial charge in [-0.05, 0) is 6.07 Å². The number of aromatic nitrogens is 2. The number of nitrogens with zero attached hydrogens (tertiary/aromatic N) is 1. The summed E-state index contributed by atoms with van der Waals surface area (Å²) in [7, 11) is 0. The lowest BCUT2D eigenvalue weighted by Gasteiger charge is -2.02. The maximum Gasteiger partial charge on any atom is 0.168 e. The van der Waals surface area contributed by atoms with Gasteiger partial charge in [-0.15, -0.1) is 0 Å². The number of hydrogen-bond donors (Lipinski definition) is 3. The summed E-state index contributed by atoms with van der Waals surface area (Å²) in [4.78, 5) is 0. The van der Waals surface area contributed by atoms with Crippen LogP contribution in [0.25, 0.3) is 11.3 Å². The third kappa shape index (κ3) is 1.61. The largest absolute Gasteiger partial charge is 0.504 e. The Bertz CT molecular complexity index is 510. The number of aromatic amines is 1. The number of nitrogen functional groups attached to an aromatic ring is 1. The van der Waals surface area contributed by atoms with Gasteiger partial charge in [-0.3, -0.25) is 5.10 Å². The van der Waals surface area contributed by atoms with Gasteiger partial charge >= 0.3 is 0 Å². The predicted molar refractivity (Wildman–Crippen MR) is 50.0 cm³/mol. The average molecular weight is 211 g/mol. The van der Waals surface area contributed by atoms with Crippen LogP contribution in [0.2, 0.25) is 0 Å². The molecule has 0 saturated carbocycles. The number of hydrogen-bond acceptors (Lipinski definition) is 3. The Morgan fingerprint density at radius 1 is 1.27 bits per heavy atom. The van der Waals surface area contributed by atoms with Crippen LogP contribution in [-0.4, -0.2) is 15.3 Å². The lowest BCUT2D eigenvalue weighted by Crippen LogP contribution is -1.86. The smallest absolute Gasteiger partial charge is 0.168 e. The van der Waals surface area contributed by atoms with E-state index in [1.54, 1.807) is 0 Å². The summed E-state index contributed by atoms with van der Waals surface area (Å²) in [6.07, 6.45) is 0. The summed E-state index contributed by atoms with van der Waals surface area (Å²) >= 11 is 0. The van der Waals surface area contributed by atoms with Gasteiger partial charge in [0.2, 0.25) is 0 Å². The highest BCUT2D eigenvalue weighted by Gasteiger charge is 2.13. The molecule has 4 nitrogen and oxygen atoms in total. The number of anilines is 1. The zero-order valence-corrected chi connectivity index (χ0v) is 7.46. The highest BCUT2D eigenvalue weighted by atomic mass is 19.1. The van der Waals surface area contributed by atoms with Crippen molar-refractivity contribution in [1.82, 2.24) is 10.2 Å². The summed E-state index contributed by atoms with van der Waals surface area (Å²) < 4.78 is 25.9. The fourth-order valence-electron chi connectivity index (χ4n) is 1.25. The van der Waals surface area contributed by atoms with Crippen LogP contribution >= 0.6 is 0 Å². The van der Waals surface area contributed by atoms with Crippen LogP contribution in [0.3, 0.4) is 0 Å². The van der Waals surface area contributed by atoms with Crippen LogP contribution < -0.4 is 5.73 Å². The lowest BCUT2D eigenvalue weighted by atomic mass is 10.1. The summed E-state index contributed by atoms with van der Waals surface area (Å²) in [6.45, 7) is 0. The van der Waals surface area contributed by atoms with Gasteiger partial charge in [-0.25, -0.2) is 8.78 Å². The number of phenols is 1. The van der Waals surface area contributed by atoms with Crippen molar-refractivity contribution >= 4 is 5.82 Å². The molecule has 0 atom stereocenters. The Hall–Kier alpha value is -2.11. The van der Waals surface area contributed by atoms with Gasteiger partial charge in [0.1, 0.15) is 11.6 Å². The number of phenolic OH excluding ortho intramolecular Hbond substituents is 1. The van der Waals surface area contributed by atoms with Gasteiger partial charge in [-0.1, -0.05) is 0 Å². The molecule has 0 aliphatic rings. The minimum atomic E-state index is -1.03. The molecule has 6 heteroatoms. The monoisotopic (exact) mass is 211 g/mol. The van der Waals surface area contributed by atoms with Gasteiger partial charge in [0.15, 0.2) is 11.6 Å². The summed E-state index contributed by atoms with van der Waals surface area (Å²) in [6, 6.07) is 2.96. The van der Waals surface area contributed by atoms with Gasteiger partial charge in [0.25, 0.3) is 0 Å². The van der Waals surface area contributed by atoms with E-state index in [4.69, 9.17) is 5.73 Å². The number of rotatable bonds is 1. The van der Waals surface area contributed by atoms with Crippen LogP contribution in [-0.2, 0) is 0 Å². The van der Waals surface area contributed by atoms with E-state index < -0.39 is 17.4 Å². The third-order valence-corrected chi connectivity index (χ3v) is 1.92. The Morgan fingerprint density at radius 3 is 2.60 bits per heavy atom. The lowest BCUT2D eigenvalue weighted by molar-refractivity contribution is 0.430. The first-order chi connectivity index (χ1) is 7.08. The molecule has 0 radical (unpaired) electrons. The number of nitrogens with one attached hydrogen (secondary N) is 1. The van der Waals surface area contributed by atoms with Crippen molar-refractivity contribution in [3.8, 4) is 17.0 Å². The van der Waals surface area contributed by atoms with E-state index in [0.717, 1.165) is 6.07 Å². The second-order valence-corrected chi connectivity index (χ2v) is 2.99. The average Bonchev–Trinajstić information content (AvgIpc) is 2.58. The van der Waals surface area contributed by atoms with E-state index in [-0.39, 0.29) is 17.1 Å². The van der Waals surface area contributed by atoms with Crippen LogP contribution in [0.1, 0.15) is 0 Å². The SMILES string of the molecule is Nc1cc(-c2cc(F)cc(F)c2O)[nH]n1. The summed E-state index contributed by atoms with van der Waals surface area (Å²) in [5.74, 6) is -2.28. The van der Waals surface area contributed by atoms with Crippen molar-refractivity contribution in [1.29, 1.82) is 0 Å². The number of H-pyrrole nitrogens is 1. The topological polar surface area (TPSA) is 74.9 Å². The standard InChI is InChI=1S/C9H7F2N3O/c10-4-1-5(9(15)6(11)2-4)7-3-8(12)14-13-7/h1-3,15H,(H3,12,13,14). The Kier molecular flexibility index (Phi) is 2.03. The van der Waals surface area contributed by atoms with E-state index in [0.29, 0.717) is 6.07 Å². The van der Waals surface area contributed by atoms with Gasteiger partial charge in [0, 0.05) is 17.7 Å². The molecule has 1 aromatic carbocycles. The molecule has 0 unspecified atom stereocenters. The van der Waals surface area contributed by atoms with Crippen molar-refractivity contribution in [2.24, 2.45) is 0 Å². The number of aromatic hydroxyl groups is 1. The maximum atomic E-state index is 13.0. The molecule has 0 bridgehead atoms. The van der Waals surface area contributed by atoms with Crippen LogP contribution in [0.5, 0.6) is 5.75 Å².